The molecule has 1 fully saturated rings. The summed E-state index contributed by atoms with van der Waals surface area (Å²) in [6.45, 7) is 2.22. The third kappa shape index (κ3) is 13.1. The van der Waals surface area contributed by atoms with Crippen LogP contribution in [0, 0.1) is 5.92 Å². The van der Waals surface area contributed by atoms with E-state index in [2.05, 4.69) is 16.0 Å². The molecule has 0 aliphatic heterocycles. The highest BCUT2D eigenvalue weighted by atomic mass is 35.5. The van der Waals surface area contributed by atoms with Crippen molar-refractivity contribution in [3.8, 4) is 0 Å². The Morgan fingerprint density at radius 3 is 2.44 bits per heavy atom. The fourth-order valence-corrected chi connectivity index (χ4v) is 4.78. The van der Waals surface area contributed by atoms with E-state index in [1.165, 1.54) is 11.9 Å². The van der Waals surface area contributed by atoms with Gasteiger partial charge in [0.1, 0.15) is 18.7 Å². The third-order valence-electron chi connectivity index (χ3n) is 6.84. The van der Waals surface area contributed by atoms with Crippen LogP contribution in [0.2, 0.25) is 5.02 Å². The van der Waals surface area contributed by atoms with Crippen molar-refractivity contribution >= 4 is 41.6 Å². The number of alkyl carbamates (subject to hydrolysis) is 2. The molecule has 0 radical (unpaired) electrons. The van der Waals surface area contributed by atoms with Gasteiger partial charge in [0.05, 0.1) is 6.61 Å². The molecule has 1 aliphatic rings. The first-order valence-electron chi connectivity index (χ1n) is 13.9. The lowest BCUT2D eigenvalue weighted by molar-refractivity contribution is -0.142. The number of carbonyl (C=O) groups excluding carboxylic acids is 4. The summed E-state index contributed by atoms with van der Waals surface area (Å²) >= 11 is 5.97. The number of likely N-dealkylation sites (N-methyl/N-ethyl adjacent to an activating group) is 1. The monoisotopic (exact) mass is 596 g/mol. The van der Waals surface area contributed by atoms with Crippen LogP contribution in [-0.4, -0.2) is 78.8 Å². The van der Waals surface area contributed by atoms with E-state index in [1.807, 2.05) is 0 Å². The molecule has 0 aromatic heterocycles. The summed E-state index contributed by atoms with van der Waals surface area (Å²) in [7, 11) is 1.53. The van der Waals surface area contributed by atoms with Crippen molar-refractivity contribution < 1.29 is 38.6 Å². The first-order chi connectivity index (χ1) is 19.6. The van der Waals surface area contributed by atoms with Gasteiger partial charge in [-0.2, -0.15) is 0 Å². The Morgan fingerprint density at radius 2 is 1.78 bits per heavy atom. The van der Waals surface area contributed by atoms with Crippen LogP contribution in [0.5, 0.6) is 0 Å². The van der Waals surface area contributed by atoms with Crippen LogP contribution in [0.3, 0.4) is 0 Å². The molecular weight excluding hydrogens is 556 g/mol. The second-order valence-electron chi connectivity index (χ2n) is 10.0. The van der Waals surface area contributed by atoms with Gasteiger partial charge in [0.2, 0.25) is 11.8 Å². The van der Waals surface area contributed by atoms with E-state index in [1.54, 1.807) is 31.2 Å². The zero-order valence-electron chi connectivity index (χ0n) is 23.7. The number of hydrogen-bond acceptors (Lipinski definition) is 7. The molecule has 13 heteroatoms. The molecule has 1 aliphatic carbocycles. The predicted octanol–water partition coefficient (Wildman–Crippen LogP) is 3.46. The average molecular weight is 597 g/mol. The molecule has 1 aromatic carbocycles. The lowest BCUT2D eigenvalue weighted by atomic mass is 9.84. The fourth-order valence-electron chi connectivity index (χ4n) is 4.57. The highest BCUT2D eigenvalue weighted by Gasteiger charge is 2.30. The summed E-state index contributed by atoms with van der Waals surface area (Å²) in [5, 5.41) is 17.8. The van der Waals surface area contributed by atoms with Gasteiger partial charge in [-0.15, -0.1) is 0 Å². The lowest BCUT2D eigenvalue weighted by Gasteiger charge is -2.27. The molecule has 0 heterocycles. The number of carboxylic acids is 1. The number of aliphatic carboxylic acids is 1. The van der Waals surface area contributed by atoms with Gasteiger partial charge in [-0.25, -0.2) is 14.4 Å². The van der Waals surface area contributed by atoms with E-state index in [-0.39, 0.29) is 51.0 Å². The summed E-state index contributed by atoms with van der Waals surface area (Å²) in [5.74, 6) is -2.09. The number of nitrogens with zero attached hydrogens (tertiary/aromatic N) is 1. The standard InChI is InChI=1S/C28H41ClN4O8/c1-3-40-27(38)30-14-15-33(2)24(34)13-12-22(26(36)37)31-25(35)23(17-19-8-5-4-6-9-19)32-28(39)41-18-20-10-7-11-21(29)16-20/h7,10-11,16,19,22-23H,3-6,8-9,12-15,17-18H2,1-2H3,(H,30,38)(H,31,35)(H,32,39)(H,36,37)/t22-,23-/m0/s1. The van der Waals surface area contributed by atoms with Gasteiger partial charge in [0.25, 0.3) is 0 Å². The van der Waals surface area contributed by atoms with Gasteiger partial charge in [-0.3, -0.25) is 9.59 Å². The molecule has 12 nitrogen and oxygen atoms in total. The van der Waals surface area contributed by atoms with Crippen molar-refractivity contribution in [1.29, 1.82) is 0 Å². The predicted molar refractivity (Wildman–Crippen MR) is 151 cm³/mol. The number of ether oxygens (including phenoxy) is 2. The highest BCUT2D eigenvalue weighted by molar-refractivity contribution is 6.30. The maximum atomic E-state index is 13.2. The number of rotatable bonds is 15. The Labute approximate surface area is 245 Å². The number of amides is 4. The van der Waals surface area contributed by atoms with E-state index < -0.39 is 36.1 Å². The summed E-state index contributed by atoms with van der Waals surface area (Å²) in [5.41, 5.74) is 0.679. The van der Waals surface area contributed by atoms with Crippen LogP contribution in [0.1, 0.15) is 63.9 Å². The first kappa shape index (κ1) is 33.7. The molecule has 4 N–H and O–H groups in total. The molecule has 2 rings (SSSR count). The quantitative estimate of drug-likeness (QED) is 0.239. The first-order valence-corrected chi connectivity index (χ1v) is 14.3. The maximum absolute atomic E-state index is 13.2. The molecule has 1 saturated carbocycles. The zero-order valence-corrected chi connectivity index (χ0v) is 24.4. The van der Waals surface area contributed by atoms with Crippen molar-refractivity contribution in [2.24, 2.45) is 5.92 Å². The van der Waals surface area contributed by atoms with Gasteiger partial charge < -0.3 is 35.4 Å². The molecule has 41 heavy (non-hydrogen) atoms. The Kier molecular flexibility index (Phi) is 14.8. The number of hydrogen-bond donors (Lipinski definition) is 4. The molecule has 4 amide bonds. The van der Waals surface area contributed by atoms with E-state index in [0.29, 0.717) is 17.0 Å². The number of halogens is 1. The van der Waals surface area contributed by atoms with Crippen LogP contribution in [0.25, 0.3) is 0 Å². The van der Waals surface area contributed by atoms with Crippen LogP contribution in [0.15, 0.2) is 24.3 Å². The summed E-state index contributed by atoms with van der Waals surface area (Å²) < 4.78 is 10.0. The maximum Gasteiger partial charge on any atom is 0.408 e. The molecule has 0 bridgehead atoms. The van der Waals surface area contributed by atoms with Gasteiger partial charge in [-0.1, -0.05) is 55.8 Å². The highest BCUT2D eigenvalue weighted by Crippen LogP contribution is 2.27. The van der Waals surface area contributed by atoms with E-state index in [9.17, 15) is 29.1 Å². The number of nitrogens with one attached hydrogen (secondary N) is 3. The average Bonchev–Trinajstić information content (AvgIpc) is 2.94. The van der Waals surface area contributed by atoms with Crippen LogP contribution in [0.4, 0.5) is 9.59 Å². The molecule has 0 unspecified atom stereocenters. The Bertz CT molecular complexity index is 1030. The molecule has 1 aromatic rings. The minimum atomic E-state index is -1.34. The Hall–Kier alpha value is -3.54. The van der Waals surface area contributed by atoms with Gasteiger partial charge >= 0.3 is 18.2 Å². The minimum Gasteiger partial charge on any atom is -0.480 e. The van der Waals surface area contributed by atoms with Crippen LogP contribution in [-0.2, 0) is 30.5 Å². The van der Waals surface area contributed by atoms with Crippen LogP contribution >= 0.6 is 11.6 Å². The number of benzene rings is 1. The number of carboxylic acid groups (broad SMARTS) is 1. The van der Waals surface area contributed by atoms with E-state index in [0.717, 1.165) is 32.1 Å². The smallest absolute Gasteiger partial charge is 0.408 e. The zero-order chi connectivity index (χ0) is 30.2. The second-order valence-corrected chi connectivity index (χ2v) is 10.5. The SMILES string of the molecule is CCOC(=O)NCCN(C)C(=O)CC[C@H](NC(=O)[C@H](CC1CCCCC1)NC(=O)OCc1cccc(Cl)c1)C(=O)O. The van der Waals surface area contributed by atoms with Gasteiger partial charge in [0.15, 0.2) is 0 Å². The second kappa shape index (κ2) is 18.0. The topological polar surface area (TPSA) is 163 Å². The van der Waals surface area contributed by atoms with Gasteiger partial charge in [-0.05, 0) is 43.4 Å². The van der Waals surface area contributed by atoms with E-state index >= 15 is 0 Å². The Balaban J connectivity index is 1.94. The normalized spacial score (nSPS) is 14.7. The minimum absolute atomic E-state index is 0.0488. The van der Waals surface area contributed by atoms with Crippen molar-refractivity contribution in [1.82, 2.24) is 20.9 Å². The van der Waals surface area contributed by atoms with Crippen LogP contribution < -0.4 is 16.0 Å². The molecule has 0 saturated heterocycles. The Morgan fingerprint density at radius 1 is 1.05 bits per heavy atom. The molecule has 228 valence electrons. The molecule has 0 spiro atoms. The van der Waals surface area contributed by atoms with E-state index in [4.69, 9.17) is 21.1 Å². The lowest BCUT2D eigenvalue weighted by Crippen LogP contribution is -2.52. The third-order valence-corrected chi connectivity index (χ3v) is 7.08. The van der Waals surface area contributed by atoms with Crippen molar-refractivity contribution in [2.45, 2.75) is 77.0 Å². The van der Waals surface area contributed by atoms with Crippen molar-refractivity contribution in [3.63, 3.8) is 0 Å². The van der Waals surface area contributed by atoms with Crippen molar-refractivity contribution in [2.75, 3.05) is 26.7 Å². The summed E-state index contributed by atoms with van der Waals surface area (Å²) in [6.07, 6.45) is 3.66. The fraction of sp³-hybridized carbons (Fsp3) is 0.607. The van der Waals surface area contributed by atoms with Gasteiger partial charge in [0, 0.05) is 31.6 Å². The molecular formula is C28H41ClN4O8. The summed E-state index contributed by atoms with van der Waals surface area (Å²) in [6, 6.07) is 4.50. The largest absolute Gasteiger partial charge is 0.480 e. The molecule has 2 atom stereocenters. The van der Waals surface area contributed by atoms with Crippen molar-refractivity contribution in [3.05, 3.63) is 34.9 Å². The summed E-state index contributed by atoms with van der Waals surface area (Å²) in [4.78, 5) is 63.0. The number of carbonyl (C=O) groups is 5.